The fourth-order valence-corrected chi connectivity index (χ4v) is 8.54. The molecule has 0 aliphatic carbocycles. The molecular weight excluding hydrogens is 803 g/mol. The molecule has 5 aromatic heterocycles. The Labute approximate surface area is 364 Å². The standard InChI is InChI=1S/C47H53N9O7/c1-25(2)41(54-46(59)61-5)44(57)48-20-8-7-11-38-51-32-17-12-27(22-33(32)52-38)29-14-15-30(40-37-19-18-36(63-37)39(29)40)31-16-13-28(23-49-31)34-24-50-43(53-34)35-10-9-21-56(35)45(58)42(26(3)4)55-47(60)62-6/h12-19,22-26,35,41-42H,7-11,20-21H2,1-6H3,(H,48,57)(H,50,53)(H,51,52)(H,54,59)(H,55,60). The number of pyridine rings is 1. The van der Waals surface area contributed by atoms with Crippen LogP contribution in [0, 0.1) is 11.8 Å². The van der Waals surface area contributed by atoms with Gasteiger partial charge in [-0.25, -0.2) is 19.6 Å². The number of carbonyl (C=O) groups is 4. The smallest absolute Gasteiger partial charge is 0.407 e. The highest BCUT2D eigenvalue weighted by Crippen LogP contribution is 2.44. The average molecular weight is 856 g/mol. The molecule has 328 valence electrons. The Kier molecular flexibility index (Phi) is 12.3. The molecule has 63 heavy (non-hydrogen) atoms. The van der Waals surface area contributed by atoms with E-state index in [1.54, 1.807) is 11.1 Å². The summed E-state index contributed by atoms with van der Waals surface area (Å²) in [6.45, 7) is 8.60. The van der Waals surface area contributed by atoms with Crippen LogP contribution in [-0.2, 0) is 25.5 Å². The topological polar surface area (TPSA) is 209 Å². The van der Waals surface area contributed by atoms with Crippen LogP contribution in [-0.4, -0.2) is 93.2 Å². The van der Waals surface area contributed by atoms with Crippen LogP contribution in [0.1, 0.15) is 71.1 Å². The number of rotatable bonds is 15. The maximum Gasteiger partial charge on any atom is 0.407 e. The van der Waals surface area contributed by atoms with Crippen molar-refractivity contribution in [2.45, 2.75) is 77.9 Å². The van der Waals surface area contributed by atoms with Gasteiger partial charge in [0.05, 0.1) is 48.9 Å². The first kappa shape index (κ1) is 42.7. The quantitative estimate of drug-likeness (QED) is 0.0630. The molecule has 7 aromatic rings. The number of alkyl carbamates (subject to hydrolysis) is 2. The van der Waals surface area contributed by atoms with Gasteiger partial charge in [-0.2, -0.15) is 0 Å². The number of methoxy groups -OCH3 is 2. The summed E-state index contributed by atoms with van der Waals surface area (Å²) in [4.78, 5) is 73.1. The third-order valence-corrected chi connectivity index (χ3v) is 11.9. The highest BCUT2D eigenvalue weighted by atomic mass is 16.5. The third kappa shape index (κ3) is 8.74. The minimum atomic E-state index is -0.706. The van der Waals surface area contributed by atoms with Crippen LogP contribution >= 0.6 is 0 Å². The summed E-state index contributed by atoms with van der Waals surface area (Å²) in [7, 11) is 2.56. The van der Waals surface area contributed by atoms with E-state index < -0.39 is 24.3 Å². The number of aryl methyl sites for hydroxylation is 1. The van der Waals surface area contributed by atoms with Crippen LogP contribution < -0.4 is 16.0 Å². The van der Waals surface area contributed by atoms with E-state index >= 15 is 0 Å². The minimum absolute atomic E-state index is 0.0830. The van der Waals surface area contributed by atoms with Crippen molar-refractivity contribution in [1.82, 2.24) is 45.8 Å². The van der Waals surface area contributed by atoms with Crippen molar-refractivity contribution in [2.24, 2.45) is 11.8 Å². The van der Waals surface area contributed by atoms with Crippen LogP contribution in [0.2, 0.25) is 0 Å². The fourth-order valence-electron chi connectivity index (χ4n) is 8.54. The predicted octanol–water partition coefficient (Wildman–Crippen LogP) is 7.88. The van der Waals surface area contributed by atoms with Gasteiger partial charge >= 0.3 is 12.2 Å². The first-order valence-electron chi connectivity index (χ1n) is 21.5. The molecule has 2 bridgehead atoms. The Morgan fingerprint density at radius 1 is 0.810 bits per heavy atom. The number of aromatic nitrogens is 5. The summed E-state index contributed by atoms with van der Waals surface area (Å²) in [6, 6.07) is 16.8. The first-order chi connectivity index (χ1) is 30.4. The number of carbonyl (C=O) groups excluding carboxylic acids is 4. The predicted molar refractivity (Wildman–Crippen MR) is 239 cm³/mol. The Morgan fingerprint density at radius 3 is 2.21 bits per heavy atom. The molecular formula is C47H53N9O7. The van der Waals surface area contributed by atoms with Gasteiger partial charge in [0.1, 0.15) is 34.9 Å². The number of H-pyrrole nitrogens is 2. The molecule has 1 aliphatic rings. The Hall–Kier alpha value is -6.97. The zero-order chi connectivity index (χ0) is 44.4. The van der Waals surface area contributed by atoms with Gasteiger partial charge in [-0.15, -0.1) is 0 Å². The molecule has 16 heteroatoms. The molecule has 0 radical (unpaired) electrons. The third-order valence-electron chi connectivity index (χ3n) is 11.9. The Balaban J connectivity index is 0.950. The lowest BCUT2D eigenvalue weighted by Crippen LogP contribution is -2.51. The van der Waals surface area contributed by atoms with Crippen molar-refractivity contribution in [2.75, 3.05) is 27.3 Å². The zero-order valence-corrected chi connectivity index (χ0v) is 36.3. The molecule has 6 heterocycles. The fraction of sp³-hybridized carbons (Fsp3) is 0.383. The van der Waals surface area contributed by atoms with Gasteiger partial charge in [0, 0.05) is 47.6 Å². The largest absolute Gasteiger partial charge is 0.456 e. The summed E-state index contributed by atoms with van der Waals surface area (Å²) in [5.41, 5.74) is 8.88. The van der Waals surface area contributed by atoms with Gasteiger partial charge in [0.25, 0.3) is 0 Å². The van der Waals surface area contributed by atoms with Crippen LogP contribution in [0.3, 0.4) is 0 Å². The van der Waals surface area contributed by atoms with E-state index in [-0.39, 0.29) is 29.7 Å². The van der Waals surface area contributed by atoms with E-state index in [1.165, 1.54) is 14.2 Å². The number of nitrogens with one attached hydrogen (secondary N) is 5. The van der Waals surface area contributed by atoms with Crippen LogP contribution in [0.4, 0.5) is 9.59 Å². The average Bonchev–Trinajstić information content (AvgIpc) is 4.15. The van der Waals surface area contributed by atoms with E-state index in [9.17, 15) is 19.2 Å². The maximum absolute atomic E-state index is 13.6. The maximum atomic E-state index is 13.6. The highest BCUT2D eigenvalue weighted by molar-refractivity contribution is 6.19. The molecule has 4 amide bonds. The van der Waals surface area contributed by atoms with Gasteiger partial charge in [-0.05, 0) is 85.0 Å². The van der Waals surface area contributed by atoms with E-state index in [2.05, 4.69) is 54.9 Å². The van der Waals surface area contributed by atoms with Gasteiger partial charge < -0.3 is 44.7 Å². The number of aromatic amines is 2. The molecule has 1 fully saturated rings. The van der Waals surface area contributed by atoms with E-state index in [0.717, 1.165) is 105 Å². The number of hydrogen-bond donors (Lipinski definition) is 5. The number of unbranched alkanes of at least 4 members (excludes halogenated alkanes) is 1. The van der Waals surface area contributed by atoms with E-state index in [0.29, 0.717) is 18.9 Å². The second kappa shape index (κ2) is 18.2. The zero-order valence-electron chi connectivity index (χ0n) is 36.3. The van der Waals surface area contributed by atoms with Crippen molar-refractivity contribution >= 4 is 57.0 Å². The van der Waals surface area contributed by atoms with Crippen LogP contribution in [0.15, 0.2) is 71.4 Å². The lowest BCUT2D eigenvalue weighted by atomic mass is 9.93. The number of fused-ring (bicyclic) bond motifs is 6. The van der Waals surface area contributed by atoms with Crippen molar-refractivity contribution < 1.29 is 33.1 Å². The molecule has 3 atom stereocenters. The number of imidazole rings is 2. The number of hydrogen-bond acceptors (Lipinski definition) is 10. The van der Waals surface area contributed by atoms with Gasteiger partial charge in [0.2, 0.25) is 11.8 Å². The summed E-state index contributed by atoms with van der Waals surface area (Å²) in [6.07, 6.45) is 6.22. The number of furan rings is 2. The van der Waals surface area contributed by atoms with Crippen molar-refractivity contribution in [3.05, 3.63) is 78.6 Å². The minimum Gasteiger partial charge on any atom is -0.456 e. The van der Waals surface area contributed by atoms with Crippen LogP contribution in [0.5, 0.6) is 0 Å². The summed E-state index contributed by atoms with van der Waals surface area (Å²) in [5, 5.41) is 10.2. The lowest BCUT2D eigenvalue weighted by Gasteiger charge is -2.30. The lowest BCUT2D eigenvalue weighted by molar-refractivity contribution is -0.135. The second-order valence-corrected chi connectivity index (χ2v) is 16.8. The van der Waals surface area contributed by atoms with Gasteiger partial charge in [-0.3, -0.25) is 14.6 Å². The number of ether oxygens (including phenoxy) is 2. The summed E-state index contributed by atoms with van der Waals surface area (Å²) in [5.74, 6) is 0.974. The molecule has 16 nitrogen and oxygen atoms in total. The number of likely N-dealkylation sites (tertiary alicyclic amines) is 1. The molecule has 0 saturated carbocycles. The molecule has 8 rings (SSSR count). The molecule has 1 saturated heterocycles. The van der Waals surface area contributed by atoms with E-state index in [1.807, 2.05) is 64.2 Å². The van der Waals surface area contributed by atoms with Gasteiger partial charge in [0.15, 0.2) is 0 Å². The number of benzene rings is 3. The molecule has 5 N–H and O–H groups in total. The monoisotopic (exact) mass is 855 g/mol. The normalized spacial score (nSPS) is 15.1. The summed E-state index contributed by atoms with van der Waals surface area (Å²) < 4.78 is 15.7. The van der Waals surface area contributed by atoms with Crippen molar-refractivity contribution in [3.8, 4) is 33.6 Å². The molecule has 2 aromatic carbocycles. The molecule has 3 unspecified atom stereocenters. The van der Waals surface area contributed by atoms with Crippen molar-refractivity contribution in [1.29, 1.82) is 0 Å². The highest BCUT2D eigenvalue weighted by Gasteiger charge is 2.37. The number of amides is 4. The number of nitrogens with zero attached hydrogens (tertiary/aromatic N) is 4. The van der Waals surface area contributed by atoms with Crippen LogP contribution in [0.25, 0.3) is 66.6 Å². The Morgan fingerprint density at radius 2 is 1.51 bits per heavy atom. The van der Waals surface area contributed by atoms with Gasteiger partial charge in [-0.1, -0.05) is 45.9 Å². The summed E-state index contributed by atoms with van der Waals surface area (Å²) >= 11 is 0. The second-order valence-electron chi connectivity index (χ2n) is 16.8. The first-order valence-corrected chi connectivity index (χ1v) is 21.5. The van der Waals surface area contributed by atoms with Crippen molar-refractivity contribution in [3.63, 3.8) is 0 Å². The van der Waals surface area contributed by atoms with E-state index in [4.69, 9.17) is 24.1 Å². The Bertz CT molecular complexity index is 2750. The SMILES string of the molecule is COC(=O)NC(C(=O)NCCCCc1nc2ccc(-c3ccc(-c4ccc(-c5cnc(C6CCCN6C(=O)C(NC(=O)OC)C(C)C)[nH]5)cn4)c4c5ccc(o5)c34)cc2[nH]1)C(C)C. The molecule has 1 aliphatic heterocycles. The molecule has 0 spiro atoms.